The zero-order valence-corrected chi connectivity index (χ0v) is 15.6. The number of urea groups is 1. The fourth-order valence-corrected chi connectivity index (χ4v) is 4.19. The van der Waals surface area contributed by atoms with Crippen LogP contribution in [0, 0.1) is 0 Å². The van der Waals surface area contributed by atoms with Crippen LogP contribution in [0.4, 0.5) is 10.5 Å². The molecule has 1 aliphatic rings. The summed E-state index contributed by atoms with van der Waals surface area (Å²) in [6.07, 6.45) is 0. The second kappa shape index (κ2) is 7.89. The Balaban J connectivity index is 1.84. The standard InChI is InChI=1S/C18H19ClN2O3S/c1-23-14-6-7-16(24-2)15(11-14)17-21(8-9-25-17)18(22)20-13-5-3-4-12(19)10-13/h3-7,10-11,17H,8-9H2,1-2H3,(H,20,22)/t17-/m0/s1. The van der Waals surface area contributed by atoms with E-state index in [4.69, 9.17) is 21.1 Å². The number of nitrogens with one attached hydrogen (secondary N) is 1. The summed E-state index contributed by atoms with van der Waals surface area (Å²) in [6, 6.07) is 12.6. The molecule has 1 heterocycles. The van der Waals surface area contributed by atoms with Crippen molar-refractivity contribution in [3.05, 3.63) is 53.1 Å². The first-order valence-corrected chi connectivity index (χ1v) is 9.22. The molecule has 0 radical (unpaired) electrons. The first kappa shape index (κ1) is 17.8. The molecule has 3 rings (SSSR count). The summed E-state index contributed by atoms with van der Waals surface area (Å²) in [7, 11) is 3.25. The van der Waals surface area contributed by atoms with E-state index in [0.29, 0.717) is 17.3 Å². The van der Waals surface area contributed by atoms with Gasteiger partial charge in [0.05, 0.1) is 14.2 Å². The number of halogens is 1. The molecule has 1 N–H and O–H groups in total. The number of methoxy groups -OCH3 is 2. The minimum Gasteiger partial charge on any atom is -0.497 e. The second-order valence-corrected chi connectivity index (χ2v) is 7.09. The van der Waals surface area contributed by atoms with Gasteiger partial charge >= 0.3 is 6.03 Å². The van der Waals surface area contributed by atoms with E-state index < -0.39 is 0 Å². The Bertz CT molecular complexity index is 772. The SMILES string of the molecule is COc1ccc(OC)c([C@@H]2SCCN2C(=O)Nc2cccc(Cl)c2)c1. The predicted molar refractivity (Wildman–Crippen MR) is 102 cm³/mol. The number of thioether (sulfide) groups is 1. The van der Waals surface area contributed by atoms with E-state index in [-0.39, 0.29) is 11.4 Å². The molecule has 0 aromatic heterocycles. The normalized spacial score (nSPS) is 16.6. The molecule has 0 saturated carbocycles. The number of hydrogen-bond acceptors (Lipinski definition) is 4. The van der Waals surface area contributed by atoms with Crippen LogP contribution in [0.15, 0.2) is 42.5 Å². The fraction of sp³-hybridized carbons (Fsp3) is 0.278. The number of benzene rings is 2. The van der Waals surface area contributed by atoms with Crippen LogP contribution in [0.2, 0.25) is 5.02 Å². The van der Waals surface area contributed by atoms with E-state index in [9.17, 15) is 4.79 Å². The number of amides is 2. The molecule has 0 unspecified atom stereocenters. The van der Waals surface area contributed by atoms with Crippen LogP contribution in [0.3, 0.4) is 0 Å². The second-order valence-electron chi connectivity index (χ2n) is 5.46. The first-order valence-electron chi connectivity index (χ1n) is 7.79. The highest BCUT2D eigenvalue weighted by molar-refractivity contribution is 7.99. The molecule has 0 aliphatic carbocycles. The van der Waals surface area contributed by atoms with Crippen molar-refractivity contribution in [2.24, 2.45) is 0 Å². The van der Waals surface area contributed by atoms with Crippen LogP contribution in [0.5, 0.6) is 11.5 Å². The minimum atomic E-state index is -0.165. The van der Waals surface area contributed by atoms with Gasteiger partial charge < -0.3 is 19.7 Å². The highest BCUT2D eigenvalue weighted by atomic mass is 35.5. The van der Waals surface area contributed by atoms with Gasteiger partial charge in [-0.05, 0) is 36.4 Å². The van der Waals surface area contributed by atoms with Gasteiger partial charge in [0.25, 0.3) is 0 Å². The predicted octanol–water partition coefficient (Wildman–Crippen LogP) is 4.64. The molecule has 2 aromatic rings. The molecular weight excluding hydrogens is 360 g/mol. The Morgan fingerprint density at radius 2 is 2.08 bits per heavy atom. The molecule has 2 aromatic carbocycles. The van der Waals surface area contributed by atoms with Crippen molar-refractivity contribution in [1.82, 2.24) is 4.90 Å². The third-order valence-electron chi connectivity index (χ3n) is 3.93. The summed E-state index contributed by atoms with van der Waals surface area (Å²) in [5.74, 6) is 2.33. The Labute approximate surface area is 156 Å². The molecule has 0 spiro atoms. The molecule has 7 heteroatoms. The lowest BCUT2D eigenvalue weighted by molar-refractivity contribution is 0.213. The number of rotatable bonds is 4. The maximum Gasteiger partial charge on any atom is 0.323 e. The topological polar surface area (TPSA) is 50.8 Å². The summed E-state index contributed by atoms with van der Waals surface area (Å²) >= 11 is 7.68. The van der Waals surface area contributed by atoms with Crippen molar-refractivity contribution in [2.45, 2.75) is 5.37 Å². The number of nitrogens with zero attached hydrogens (tertiary/aromatic N) is 1. The summed E-state index contributed by atoms with van der Waals surface area (Å²) in [6.45, 7) is 0.655. The highest BCUT2D eigenvalue weighted by Gasteiger charge is 2.33. The molecule has 0 bridgehead atoms. The summed E-state index contributed by atoms with van der Waals surface area (Å²) in [5, 5.41) is 3.36. The van der Waals surface area contributed by atoms with E-state index in [1.165, 1.54) is 0 Å². The van der Waals surface area contributed by atoms with E-state index in [1.54, 1.807) is 49.1 Å². The van der Waals surface area contributed by atoms with Crippen molar-refractivity contribution in [2.75, 3.05) is 31.8 Å². The first-order chi connectivity index (χ1) is 12.1. The van der Waals surface area contributed by atoms with Crippen molar-refractivity contribution < 1.29 is 14.3 Å². The van der Waals surface area contributed by atoms with Crippen LogP contribution in [-0.2, 0) is 0 Å². The molecule has 132 valence electrons. The minimum absolute atomic E-state index is 0.135. The highest BCUT2D eigenvalue weighted by Crippen LogP contribution is 2.43. The number of carbonyl (C=O) groups is 1. The quantitative estimate of drug-likeness (QED) is 0.842. The fourth-order valence-electron chi connectivity index (χ4n) is 2.73. The molecular formula is C18H19ClN2O3S. The lowest BCUT2D eigenvalue weighted by Gasteiger charge is -2.26. The van der Waals surface area contributed by atoms with Gasteiger partial charge in [0, 0.05) is 28.6 Å². The zero-order chi connectivity index (χ0) is 17.8. The number of carbonyl (C=O) groups excluding carboxylic acids is 1. The maximum absolute atomic E-state index is 12.8. The summed E-state index contributed by atoms with van der Waals surface area (Å²) < 4.78 is 10.8. The van der Waals surface area contributed by atoms with Gasteiger partial charge in [-0.1, -0.05) is 17.7 Å². The molecule has 1 fully saturated rings. The van der Waals surface area contributed by atoms with Crippen LogP contribution in [0.1, 0.15) is 10.9 Å². The Morgan fingerprint density at radius 1 is 1.24 bits per heavy atom. The van der Waals surface area contributed by atoms with Crippen LogP contribution in [0.25, 0.3) is 0 Å². The number of anilines is 1. The lowest BCUT2D eigenvalue weighted by atomic mass is 10.1. The van der Waals surface area contributed by atoms with E-state index in [1.807, 2.05) is 24.3 Å². The maximum atomic E-state index is 12.8. The van der Waals surface area contributed by atoms with Gasteiger partial charge in [-0.2, -0.15) is 0 Å². The van der Waals surface area contributed by atoms with Gasteiger partial charge in [-0.3, -0.25) is 0 Å². The van der Waals surface area contributed by atoms with Crippen molar-refractivity contribution in [1.29, 1.82) is 0 Å². The third-order valence-corrected chi connectivity index (χ3v) is 5.41. The molecule has 25 heavy (non-hydrogen) atoms. The van der Waals surface area contributed by atoms with Gasteiger partial charge in [0.2, 0.25) is 0 Å². The molecule has 1 aliphatic heterocycles. The van der Waals surface area contributed by atoms with Gasteiger partial charge in [0.15, 0.2) is 0 Å². The van der Waals surface area contributed by atoms with Gasteiger partial charge in [0.1, 0.15) is 16.9 Å². The Morgan fingerprint density at radius 3 is 2.80 bits per heavy atom. The average molecular weight is 379 g/mol. The summed E-state index contributed by atoms with van der Waals surface area (Å²) in [5.41, 5.74) is 1.59. The largest absolute Gasteiger partial charge is 0.497 e. The Hall–Kier alpha value is -2.05. The molecule has 1 atom stereocenters. The van der Waals surface area contributed by atoms with Crippen molar-refractivity contribution in [3.63, 3.8) is 0 Å². The number of hydrogen-bond donors (Lipinski definition) is 1. The number of ether oxygens (including phenoxy) is 2. The third kappa shape index (κ3) is 3.96. The molecule has 5 nitrogen and oxygen atoms in total. The van der Waals surface area contributed by atoms with Crippen LogP contribution >= 0.6 is 23.4 Å². The van der Waals surface area contributed by atoms with Crippen LogP contribution in [-0.4, -0.2) is 37.4 Å². The summed E-state index contributed by atoms with van der Waals surface area (Å²) in [4.78, 5) is 14.5. The molecule has 1 saturated heterocycles. The van der Waals surface area contributed by atoms with Gasteiger partial charge in [-0.15, -0.1) is 11.8 Å². The Kier molecular flexibility index (Phi) is 5.60. The van der Waals surface area contributed by atoms with E-state index >= 15 is 0 Å². The molecule has 2 amide bonds. The van der Waals surface area contributed by atoms with E-state index in [2.05, 4.69) is 5.32 Å². The van der Waals surface area contributed by atoms with Crippen LogP contribution < -0.4 is 14.8 Å². The smallest absolute Gasteiger partial charge is 0.323 e. The lowest BCUT2D eigenvalue weighted by Crippen LogP contribution is -2.34. The van der Waals surface area contributed by atoms with Crippen molar-refractivity contribution >= 4 is 35.1 Å². The van der Waals surface area contributed by atoms with E-state index in [0.717, 1.165) is 22.8 Å². The van der Waals surface area contributed by atoms with Crippen molar-refractivity contribution in [3.8, 4) is 11.5 Å². The van der Waals surface area contributed by atoms with Gasteiger partial charge in [-0.25, -0.2) is 4.79 Å². The average Bonchev–Trinajstić information content (AvgIpc) is 3.11. The zero-order valence-electron chi connectivity index (χ0n) is 14.0. The monoisotopic (exact) mass is 378 g/mol.